The molecule has 19 heavy (non-hydrogen) atoms. The number of aromatic nitrogens is 2. The average Bonchev–Trinajstić information content (AvgIpc) is 2.87. The standard InChI is InChI=1S/C13H13N3O3/c1-2-16-7-3-4-11(16)12(17)15-10-8-14-6-5-9(10)13(18)19/h3-8H,2H2,1H3,(H,15,17)(H,18,19). The van der Waals surface area contributed by atoms with E-state index in [1.165, 1.54) is 18.5 Å². The Bertz CT molecular complexity index is 619. The van der Waals surface area contributed by atoms with Crippen LogP contribution in [0.3, 0.4) is 0 Å². The molecule has 6 heteroatoms. The number of hydrogen-bond acceptors (Lipinski definition) is 3. The number of hydrogen-bond donors (Lipinski definition) is 2. The summed E-state index contributed by atoms with van der Waals surface area (Å²) in [4.78, 5) is 26.9. The number of carboxylic acids is 1. The topological polar surface area (TPSA) is 84.2 Å². The van der Waals surface area contributed by atoms with Gasteiger partial charge in [0.05, 0.1) is 17.4 Å². The van der Waals surface area contributed by atoms with Crippen LogP contribution in [0.2, 0.25) is 0 Å². The molecular weight excluding hydrogens is 246 g/mol. The van der Waals surface area contributed by atoms with Gasteiger partial charge in [0.25, 0.3) is 5.91 Å². The van der Waals surface area contributed by atoms with Crippen LogP contribution < -0.4 is 5.32 Å². The van der Waals surface area contributed by atoms with Crippen LogP contribution in [0, 0.1) is 0 Å². The minimum Gasteiger partial charge on any atom is -0.478 e. The molecule has 2 aromatic rings. The first-order valence-electron chi connectivity index (χ1n) is 5.77. The molecule has 0 bridgehead atoms. The number of nitrogens with one attached hydrogen (secondary N) is 1. The van der Waals surface area contributed by atoms with Gasteiger partial charge in [-0.05, 0) is 25.1 Å². The van der Waals surface area contributed by atoms with E-state index >= 15 is 0 Å². The van der Waals surface area contributed by atoms with E-state index in [1.807, 2.05) is 6.92 Å². The first kappa shape index (κ1) is 12.8. The Morgan fingerprint density at radius 3 is 2.89 bits per heavy atom. The van der Waals surface area contributed by atoms with E-state index in [9.17, 15) is 9.59 Å². The van der Waals surface area contributed by atoms with Crippen molar-refractivity contribution >= 4 is 17.6 Å². The molecule has 0 fully saturated rings. The zero-order chi connectivity index (χ0) is 13.8. The molecule has 0 saturated carbocycles. The summed E-state index contributed by atoms with van der Waals surface area (Å²) in [5.74, 6) is -1.47. The van der Waals surface area contributed by atoms with Gasteiger partial charge in [0.2, 0.25) is 0 Å². The van der Waals surface area contributed by atoms with E-state index in [-0.39, 0.29) is 17.2 Å². The highest BCUT2D eigenvalue weighted by molar-refractivity contribution is 6.06. The molecular formula is C13H13N3O3. The Kier molecular flexibility index (Phi) is 3.61. The van der Waals surface area contributed by atoms with Crippen molar-refractivity contribution in [2.24, 2.45) is 0 Å². The lowest BCUT2D eigenvalue weighted by molar-refractivity contribution is 0.0698. The number of amides is 1. The van der Waals surface area contributed by atoms with Gasteiger partial charge in [-0.3, -0.25) is 9.78 Å². The van der Waals surface area contributed by atoms with Crippen molar-refractivity contribution in [2.75, 3.05) is 5.32 Å². The van der Waals surface area contributed by atoms with E-state index in [4.69, 9.17) is 5.11 Å². The van der Waals surface area contributed by atoms with Gasteiger partial charge in [-0.1, -0.05) is 0 Å². The van der Waals surface area contributed by atoms with E-state index in [1.54, 1.807) is 22.9 Å². The molecule has 1 amide bonds. The van der Waals surface area contributed by atoms with Gasteiger partial charge in [0.15, 0.2) is 0 Å². The number of pyridine rings is 1. The van der Waals surface area contributed by atoms with Crippen LogP contribution in [0.25, 0.3) is 0 Å². The molecule has 98 valence electrons. The summed E-state index contributed by atoms with van der Waals surface area (Å²) in [6.45, 7) is 2.58. The lowest BCUT2D eigenvalue weighted by atomic mass is 10.2. The summed E-state index contributed by atoms with van der Waals surface area (Å²) in [7, 11) is 0. The average molecular weight is 259 g/mol. The minimum absolute atomic E-state index is 0.0120. The summed E-state index contributed by atoms with van der Waals surface area (Å²) < 4.78 is 1.77. The predicted octanol–water partition coefficient (Wildman–Crippen LogP) is 1.85. The summed E-state index contributed by atoms with van der Waals surface area (Å²) in [6, 6.07) is 4.78. The van der Waals surface area contributed by atoms with E-state index in [2.05, 4.69) is 10.3 Å². The van der Waals surface area contributed by atoms with Crippen LogP contribution >= 0.6 is 0 Å². The minimum atomic E-state index is -1.11. The van der Waals surface area contributed by atoms with Crippen LogP contribution in [-0.2, 0) is 6.54 Å². The van der Waals surface area contributed by atoms with Crippen molar-refractivity contribution < 1.29 is 14.7 Å². The van der Waals surface area contributed by atoms with Crippen molar-refractivity contribution in [3.8, 4) is 0 Å². The van der Waals surface area contributed by atoms with Crippen molar-refractivity contribution in [1.82, 2.24) is 9.55 Å². The molecule has 2 heterocycles. The third-order valence-electron chi connectivity index (χ3n) is 2.70. The maximum Gasteiger partial charge on any atom is 0.337 e. The highest BCUT2D eigenvalue weighted by atomic mass is 16.4. The fourth-order valence-electron chi connectivity index (χ4n) is 1.76. The Hall–Kier alpha value is -2.63. The SMILES string of the molecule is CCn1cccc1C(=O)Nc1cnccc1C(=O)O. The normalized spacial score (nSPS) is 10.2. The molecule has 0 spiro atoms. The number of nitrogens with zero attached hydrogens (tertiary/aromatic N) is 2. The van der Waals surface area contributed by atoms with E-state index < -0.39 is 5.97 Å². The second-order valence-corrected chi connectivity index (χ2v) is 3.86. The molecule has 0 aliphatic carbocycles. The number of carboxylic acid groups (broad SMARTS) is 1. The van der Waals surface area contributed by atoms with Gasteiger partial charge >= 0.3 is 5.97 Å². The largest absolute Gasteiger partial charge is 0.478 e. The monoisotopic (exact) mass is 259 g/mol. The molecule has 0 aromatic carbocycles. The smallest absolute Gasteiger partial charge is 0.337 e. The number of anilines is 1. The van der Waals surface area contributed by atoms with Crippen LogP contribution in [0.4, 0.5) is 5.69 Å². The quantitative estimate of drug-likeness (QED) is 0.877. The third-order valence-corrected chi connectivity index (χ3v) is 2.70. The molecule has 0 radical (unpaired) electrons. The molecule has 0 atom stereocenters. The molecule has 0 saturated heterocycles. The van der Waals surface area contributed by atoms with Gasteiger partial charge in [-0.15, -0.1) is 0 Å². The van der Waals surface area contributed by atoms with E-state index in [0.29, 0.717) is 12.2 Å². The second kappa shape index (κ2) is 5.34. The molecule has 0 aliphatic heterocycles. The number of aryl methyl sites for hydroxylation is 1. The molecule has 0 unspecified atom stereocenters. The molecule has 6 nitrogen and oxygen atoms in total. The predicted molar refractivity (Wildman–Crippen MR) is 69.3 cm³/mol. The van der Waals surface area contributed by atoms with Crippen LogP contribution in [-0.4, -0.2) is 26.5 Å². The van der Waals surface area contributed by atoms with Gasteiger partial charge in [-0.25, -0.2) is 4.79 Å². The van der Waals surface area contributed by atoms with Crippen LogP contribution in [0.1, 0.15) is 27.8 Å². The molecule has 2 rings (SSSR count). The van der Waals surface area contributed by atoms with E-state index in [0.717, 1.165) is 0 Å². The molecule has 2 N–H and O–H groups in total. The fourth-order valence-corrected chi connectivity index (χ4v) is 1.76. The Balaban J connectivity index is 2.27. The number of aromatic carboxylic acids is 1. The zero-order valence-corrected chi connectivity index (χ0v) is 10.3. The van der Waals surface area contributed by atoms with Gasteiger partial charge in [0, 0.05) is 18.9 Å². The lowest BCUT2D eigenvalue weighted by Crippen LogP contribution is -2.18. The maximum atomic E-state index is 12.1. The van der Waals surface area contributed by atoms with Crippen molar-refractivity contribution in [3.05, 3.63) is 48.0 Å². The zero-order valence-electron chi connectivity index (χ0n) is 10.3. The fraction of sp³-hybridized carbons (Fsp3) is 0.154. The Labute approximate surface area is 109 Å². The summed E-state index contributed by atoms with van der Waals surface area (Å²) in [6.07, 6.45) is 4.48. The Morgan fingerprint density at radius 2 is 2.21 bits per heavy atom. The van der Waals surface area contributed by atoms with Gasteiger partial charge in [-0.2, -0.15) is 0 Å². The lowest BCUT2D eigenvalue weighted by Gasteiger charge is -2.09. The van der Waals surface area contributed by atoms with Crippen molar-refractivity contribution in [3.63, 3.8) is 0 Å². The number of carbonyl (C=O) groups is 2. The van der Waals surface area contributed by atoms with Crippen LogP contribution in [0.15, 0.2) is 36.8 Å². The first-order chi connectivity index (χ1) is 9.13. The third kappa shape index (κ3) is 2.62. The van der Waals surface area contributed by atoms with Crippen LogP contribution in [0.5, 0.6) is 0 Å². The van der Waals surface area contributed by atoms with Crippen molar-refractivity contribution in [1.29, 1.82) is 0 Å². The van der Waals surface area contributed by atoms with Gasteiger partial charge in [0.1, 0.15) is 5.69 Å². The highest BCUT2D eigenvalue weighted by Gasteiger charge is 2.15. The first-order valence-corrected chi connectivity index (χ1v) is 5.77. The summed E-state index contributed by atoms with van der Waals surface area (Å²) >= 11 is 0. The maximum absolute atomic E-state index is 12.1. The number of carbonyl (C=O) groups excluding carboxylic acids is 1. The highest BCUT2D eigenvalue weighted by Crippen LogP contribution is 2.15. The summed E-state index contributed by atoms with van der Waals surface area (Å²) in [5.41, 5.74) is 0.671. The molecule has 0 aliphatic rings. The molecule has 2 aromatic heterocycles. The van der Waals surface area contributed by atoms with Gasteiger partial charge < -0.3 is 15.0 Å². The Morgan fingerprint density at radius 1 is 1.42 bits per heavy atom. The van der Waals surface area contributed by atoms with Crippen molar-refractivity contribution in [2.45, 2.75) is 13.5 Å². The number of rotatable bonds is 4. The summed E-state index contributed by atoms with van der Waals surface area (Å²) in [5, 5.41) is 11.6. The second-order valence-electron chi connectivity index (χ2n) is 3.86.